The fourth-order valence-electron chi connectivity index (χ4n) is 2.38. The Balaban J connectivity index is 4.32. The quantitative estimate of drug-likeness (QED) is 0.667. The molecule has 3 nitrogen and oxygen atoms in total. The van der Waals surface area contributed by atoms with E-state index < -0.39 is 5.60 Å². The van der Waals surface area contributed by atoms with Crippen LogP contribution in [0.5, 0.6) is 0 Å². The normalized spacial score (nSPS) is 12.2. The maximum Gasteiger partial charge on any atom is 0.305 e. The molecule has 0 aliphatic rings. The fourth-order valence-corrected chi connectivity index (χ4v) is 2.38. The van der Waals surface area contributed by atoms with Crippen molar-refractivity contribution in [1.82, 2.24) is 0 Å². The first kappa shape index (κ1) is 16.4. The summed E-state index contributed by atoms with van der Waals surface area (Å²) in [5.41, 5.74) is -0.727. The van der Waals surface area contributed by atoms with Gasteiger partial charge < -0.3 is 9.84 Å². The molecule has 102 valence electrons. The van der Waals surface area contributed by atoms with E-state index in [2.05, 4.69) is 27.7 Å². The van der Waals surface area contributed by atoms with Crippen molar-refractivity contribution < 1.29 is 14.6 Å². The van der Waals surface area contributed by atoms with Gasteiger partial charge in [0.05, 0.1) is 12.2 Å². The van der Waals surface area contributed by atoms with Gasteiger partial charge in [0.15, 0.2) is 0 Å². The number of ether oxygens (including phenoxy) is 1. The Morgan fingerprint density at radius 1 is 1.18 bits per heavy atom. The summed E-state index contributed by atoms with van der Waals surface area (Å²) in [7, 11) is 0. The van der Waals surface area contributed by atoms with Gasteiger partial charge in [0, 0.05) is 6.42 Å². The Hall–Kier alpha value is -0.570. The van der Waals surface area contributed by atoms with Crippen molar-refractivity contribution in [2.75, 3.05) is 6.61 Å². The molecule has 0 spiro atoms. The van der Waals surface area contributed by atoms with Gasteiger partial charge in [-0.1, -0.05) is 27.7 Å². The summed E-state index contributed by atoms with van der Waals surface area (Å²) in [5.74, 6) is 0.653. The van der Waals surface area contributed by atoms with Crippen molar-refractivity contribution >= 4 is 5.97 Å². The van der Waals surface area contributed by atoms with Crippen LogP contribution in [0.2, 0.25) is 0 Å². The van der Waals surface area contributed by atoms with Gasteiger partial charge >= 0.3 is 5.97 Å². The summed E-state index contributed by atoms with van der Waals surface area (Å²) in [4.78, 5) is 11.3. The van der Waals surface area contributed by atoms with E-state index in [4.69, 9.17) is 4.74 Å². The predicted molar refractivity (Wildman–Crippen MR) is 69.7 cm³/mol. The van der Waals surface area contributed by atoms with Crippen LogP contribution in [-0.4, -0.2) is 23.3 Å². The summed E-state index contributed by atoms with van der Waals surface area (Å²) in [5, 5.41) is 10.6. The minimum Gasteiger partial charge on any atom is -0.466 e. The molecule has 0 unspecified atom stereocenters. The van der Waals surface area contributed by atoms with Crippen molar-refractivity contribution in [3.05, 3.63) is 0 Å². The molecule has 0 aromatic carbocycles. The number of rotatable bonds is 8. The van der Waals surface area contributed by atoms with E-state index in [0.29, 0.717) is 31.3 Å². The average Bonchev–Trinajstić information content (AvgIpc) is 2.12. The van der Waals surface area contributed by atoms with Gasteiger partial charge in [0.1, 0.15) is 0 Å². The van der Waals surface area contributed by atoms with Crippen LogP contribution in [-0.2, 0) is 9.53 Å². The third-order valence-electron chi connectivity index (χ3n) is 2.68. The maximum atomic E-state index is 11.3. The van der Waals surface area contributed by atoms with Gasteiger partial charge in [0.25, 0.3) is 0 Å². The summed E-state index contributed by atoms with van der Waals surface area (Å²) < 4.78 is 4.90. The molecule has 0 rings (SSSR count). The zero-order chi connectivity index (χ0) is 13.5. The van der Waals surface area contributed by atoms with E-state index in [0.717, 1.165) is 12.8 Å². The van der Waals surface area contributed by atoms with Gasteiger partial charge in [-0.25, -0.2) is 0 Å². The van der Waals surface area contributed by atoms with Crippen LogP contribution >= 0.6 is 0 Å². The lowest BCUT2D eigenvalue weighted by Crippen LogP contribution is -2.33. The zero-order valence-electron chi connectivity index (χ0n) is 12.0. The molecule has 0 fully saturated rings. The van der Waals surface area contributed by atoms with Gasteiger partial charge in [0.2, 0.25) is 0 Å². The third-order valence-corrected chi connectivity index (χ3v) is 2.68. The van der Waals surface area contributed by atoms with Gasteiger partial charge in [-0.3, -0.25) is 4.79 Å². The largest absolute Gasteiger partial charge is 0.466 e. The highest BCUT2D eigenvalue weighted by atomic mass is 16.5. The van der Waals surface area contributed by atoms with E-state index in [1.165, 1.54) is 0 Å². The maximum absolute atomic E-state index is 11.3. The second-order valence-electron chi connectivity index (χ2n) is 5.73. The first-order valence-corrected chi connectivity index (χ1v) is 6.67. The smallest absolute Gasteiger partial charge is 0.305 e. The minimum absolute atomic E-state index is 0.210. The van der Waals surface area contributed by atoms with Crippen molar-refractivity contribution in [3.63, 3.8) is 0 Å². The number of esters is 1. The number of hydrogen-bond donors (Lipinski definition) is 1. The summed E-state index contributed by atoms with van der Waals surface area (Å²) >= 11 is 0. The van der Waals surface area contributed by atoms with E-state index in [9.17, 15) is 9.90 Å². The molecular weight excluding hydrogens is 216 g/mol. The van der Waals surface area contributed by atoms with Crippen LogP contribution < -0.4 is 0 Å². The molecule has 1 N–H and O–H groups in total. The van der Waals surface area contributed by atoms with E-state index in [1.807, 2.05) is 0 Å². The highest BCUT2D eigenvalue weighted by Crippen LogP contribution is 2.29. The molecule has 0 aromatic heterocycles. The third kappa shape index (κ3) is 8.19. The van der Waals surface area contributed by atoms with Crippen LogP contribution in [0.15, 0.2) is 0 Å². The second-order valence-corrected chi connectivity index (χ2v) is 5.73. The van der Waals surface area contributed by atoms with Crippen molar-refractivity contribution in [1.29, 1.82) is 0 Å². The molecule has 0 aliphatic heterocycles. The first-order valence-electron chi connectivity index (χ1n) is 6.67. The Bertz CT molecular complexity index is 212. The van der Waals surface area contributed by atoms with E-state index in [-0.39, 0.29) is 5.97 Å². The van der Waals surface area contributed by atoms with Crippen LogP contribution in [0.25, 0.3) is 0 Å². The van der Waals surface area contributed by atoms with E-state index >= 15 is 0 Å². The highest BCUT2D eigenvalue weighted by molar-refractivity contribution is 5.69. The van der Waals surface area contributed by atoms with Crippen LogP contribution in [0, 0.1) is 11.8 Å². The summed E-state index contributed by atoms with van der Waals surface area (Å²) in [6.45, 7) is 10.6. The van der Waals surface area contributed by atoms with Gasteiger partial charge in [-0.15, -0.1) is 0 Å². The predicted octanol–water partition coefficient (Wildman–Crippen LogP) is 3.15. The first-order chi connectivity index (χ1) is 7.79. The lowest BCUT2D eigenvalue weighted by Gasteiger charge is -2.31. The summed E-state index contributed by atoms with van der Waals surface area (Å²) in [6.07, 6.45) is 2.29. The molecule has 0 aromatic rings. The molecular formula is C14H28O3. The fraction of sp³-hybridized carbons (Fsp3) is 0.929. The molecule has 0 radical (unpaired) electrons. The van der Waals surface area contributed by atoms with Crippen LogP contribution in [0.4, 0.5) is 0 Å². The lowest BCUT2D eigenvalue weighted by molar-refractivity contribution is -0.145. The topological polar surface area (TPSA) is 46.5 Å². The van der Waals surface area contributed by atoms with Crippen LogP contribution in [0.3, 0.4) is 0 Å². The van der Waals surface area contributed by atoms with Gasteiger partial charge in [-0.2, -0.15) is 0 Å². The Kier molecular flexibility index (Phi) is 7.44. The molecule has 0 aliphatic carbocycles. The second kappa shape index (κ2) is 7.70. The van der Waals surface area contributed by atoms with Crippen molar-refractivity contribution in [3.8, 4) is 0 Å². The Morgan fingerprint density at radius 3 is 2.00 bits per heavy atom. The standard InChI is InChI=1S/C14H28O3/c1-6-17-13(15)7-8-14(16,9-11(2)3)10-12(4)5/h11-12,16H,6-10H2,1-5H3. The van der Waals surface area contributed by atoms with Crippen molar-refractivity contribution in [2.24, 2.45) is 11.8 Å². The number of carbonyl (C=O) groups is 1. The number of hydrogen-bond acceptors (Lipinski definition) is 3. The molecule has 0 atom stereocenters. The Labute approximate surface area is 106 Å². The molecule has 17 heavy (non-hydrogen) atoms. The number of carbonyl (C=O) groups excluding carboxylic acids is 1. The number of aliphatic hydroxyl groups is 1. The van der Waals surface area contributed by atoms with Gasteiger partial charge in [-0.05, 0) is 38.0 Å². The zero-order valence-corrected chi connectivity index (χ0v) is 12.0. The van der Waals surface area contributed by atoms with Crippen LogP contribution in [0.1, 0.15) is 60.3 Å². The van der Waals surface area contributed by atoms with Crippen molar-refractivity contribution in [2.45, 2.75) is 65.9 Å². The Morgan fingerprint density at radius 2 is 1.65 bits per heavy atom. The molecule has 0 amide bonds. The molecule has 0 saturated carbocycles. The average molecular weight is 244 g/mol. The molecule has 0 heterocycles. The van der Waals surface area contributed by atoms with E-state index in [1.54, 1.807) is 6.92 Å². The lowest BCUT2D eigenvalue weighted by atomic mass is 9.82. The monoisotopic (exact) mass is 244 g/mol. The SMILES string of the molecule is CCOC(=O)CCC(O)(CC(C)C)CC(C)C. The summed E-state index contributed by atoms with van der Waals surface area (Å²) in [6, 6.07) is 0. The minimum atomic E-state index is -0.727. The highest BCUT2D eigenvalue weighted by Gasteiger charge is 2.29. The molecule has 0 saturated heterocycles. The molecule has 3 heteroatoms. The molecule has 0 bridgehead atoms.